The topological polar surface area (TPSA) is 248 Å². The van der Waals surface area contributed by atoms with Crippen molar-refractivity contribution in [3.63, 3.8) is 0 Å². The first-order valence-electron chi connectivity index (χ1n) is 11.0. The molecule has 2 saturated heterocycles. The SMILES string of the molecule is C1CCNCC1.C1CCNCC1.O=C(O)c1c(C(=O)O)c(C(=O)O)c(C(=O)O)c(C(=O)O)c1C(=O)O. The Bertz CT molecular complexity index is 793. The quantitative estimate of drug-likeness (QED) is 0.268. The molecule has 2 aliphatic rings. The second kappa shape index (κ2) is 14.4. The number of rotatable bonds is 6. The first-order chi connectivity index (χ1) is 16.9. The number of aromatic carboxylic acids is 6. The van der Waals surface area contributed by atoms with Crippen LogP contribution in [0.3, 0.4) is 0 Å². The third-order valence-electron chi connectivity index (χ3n) is 5.20. The lowest BCUT2D eigenvalue weighted by molar-refractivity contribution is 0.0592. The second-order valence-electron chi connectivity index (χ2n) is 7.70. The molecule has 14 nitrogen and oxygen atoms in total. The normalized spacial score (nSPS) is 14.7. The van der Waals surface area contributed by atoms with E-state index >= 15 is 0 Å². The molecule has 198 valence electrons. The number of carboxylic acids is 6. The maximum Gasteiger partial charge on any atom is 0.337 e. The Balaban J connectivity index is 0.000000432. The van der Waals surface area contributed by atoms with Gasteiger partial charge >= 0.3 is 35.8 Å². The Morgan fingerprint density at radius 2 is 0.528 bits per heavy atom. The van der Waals surface area contributed by atoms with E-state index in [9.17, 15) is 28.8 Å². The van der Waals surface area contributed by atoms with Crippen LogP contribution < -0.4 is 10.6 Å². The van der Waals surface area contributed by atoms with Gasteiger partial charge in [-0.1, -0.05) is 12.8 Å². The Hall–Kier alpha value is -4.04. The predicted molar refractivity (Wildman–Crippen MR) is 122 cm³/mol. The molecule has 0 bridgehead atoms. The molecular formula is C22H28N2O12. The predicted octanol–water partition coefficient (Wildman–Crippen LogP) is 1.40. The summed E-state index contributed by atoms with van der Waals surface area (Å²) in [5.41, 5.74) is -9.95. The fraction of sp³-hybridized carbons (Fsp3) is 0.455. The van der Waals surface area contributed by atoms with Gasteiger partial charge in [0, 0.05) is 0 Å². The third-order valence-corrected chi connectivity index (χ3v) is 5.20. The van der Waals surface area contributed by atoms with Crippen LogP contribution >= 0.6 is 0 Å². The van der Waals surface area contributed by atoms with Crippen molar-refractivity contribution < 1.29 is 59.4 Å². The van der Waals surface area contributed by atoms with Crippen molar-refractivity contribution in [2.75, 3.05) is 26.2 Å². The Labute approximate surface area is 204 Å². The maximum absolute atomic E-state index is 11.2. The molecule has 2 aliphatic heterocycles. The van der Waals surface area contributed by atoms with Gasteiger partial charge in [0.25, 0.3) is 0 Å². The first kappa shape index (κ1) is 30.0. The number of benzene rings is 1. The van der Waals surface area contributed by atoms with E-state index < -0.39 is 69.2 Å². The highest BCUT2D eigenvalue weighted by Crippen LogP contribution is 2.30. The van der Waals surface area contributed by atoms with Crippen molar-refractivity contribution in [1.82, 2.24) is 10.6 Å². The molecular weight excluding hydrogens is 484 g/mol. The Kier molecular flexibility index (Phi) is 12.0. The number of carboxylic acid groups (broad SMARTS) is 6. The molecule has 2 fully saturated rings. The molecule has 1 aromatic rings. The zero-order chi connectivity index (χ0) is 27.4. The largest absolute Gasteiger partial charge is 0.478 e. The van der Waals surface area contributed by atoms with Gasteiger partial charge in [-0.3, -0.25) is 0 Å². The molecule has 8 N–H and O–H groups in total. The summed E-state index contributed by atoms with van der Waals surface area (Å²) in [5, 5.41) is 60.7. The number of nitrogens with one attached hydrogen (secondary N) is 2. The minimum Gasteiger partial charge on any atom is -0.478 e. The van der Waals surface area contributed by atoms with Gasteiger partial charge in [-0.25, -0.2) is 28.8 Å². The highest BCUT2D eigenvalue weighted by Gasteiger charge is 2.40. The molecule has 36 heavy (non-hydrogen) atoms. The number of hydrogen-bond donors (Lipinski definition) is 8. The van der Waals surface area contributed by atoms with Crippen molar-refractivity contribution in [3.8, 4) is 0 Å². The van der Waals surface area contributed by atoms with Gasteiger partial charge in [0.05, 0.1) is 33.4 Å². The lowest BCUT2D eigenvalue weighted by atomic mass is 9.86. The van der Waals surface area contributed by atoms with Gasteiger partial charge in [-0.15, -0.1) is 0 Å². The van der Waals surface area contributed by atoms with Crippen LogP contribution in [0.1, 0.15) is 101 Å². The van der Waals surface area contributed by atoms with E-state index in [1.807, 2.05) is 0 Å². The lowest BCUT2D eigenvalue weighted by Gasteiger charge is -2.15. The average Bonchev–Trinajstić information content (AvgIpc) is 2.84. The number of hydrogen-bond acceptors (Lipinski definition) is 8. The molecule has 0 aromatic heterocycles. The van der Waals surface area contributed by atoms with E-state index in [-0.39, 0.29) is 0 Å². The summed E-state index contributed by atoms with van der Waals surface area (Å²) in [6.45, 7) is 5.00. The summed E-state index contributed by atoms with van der Waals surface area (Å²) in [6, 6.07) is 0. The molecule has 0 radical (unpaired) electrons. The van der Waals surface area contributed by atoms with E-state index in [1.165, 1.54) is 64.7 Å². The molecule has 0 aliphatic carbocycles. The van der Waals surface area contributed by atoms with Gasteiger partial charge < -0.3 is 41.3 Å². The van der Waals surface area contributed by atoms with Crippen LogP contribution in [-0.2, 0) is 0 Å². The van der Waals surface area contributed by atoms with E-state index in [4.69, 9.17) is 30.6 Å². The molecule has 0 unspecified atom stereocenters. The monoisotopic (exact) mass is 512 g/mol. The number of piperidine rings is 2. The van der Waals surface area contributed by atoms with Gasteiger partial charge in [-0.05, 0) is 51.9 Å². The van der Waals surface area contributed by atoms with Gasteiger partial charge in [-0.2, -0.15) is 0 Å². The van der Waals surface area contributed by atoms with Crippen molar-refractivity contribution in [1.29, 1.82) is 0 Å². The molecule has 14 heteroatoms. The smallest absolute Gasteiger partial charge is 0.337 e. The summed E-state index contributed by atoms with van der Waals surface area (Å²) in [5.74, 6) is -13.5. The van der Waals surface area contributed by atoms with E-state index in [0.717, 1.165) is 0 Å². The second-order valence-corrected chi connectivity index (χ2v) is 7.70. The molecule has 0 atom stereocenters. The van der Waals surface area contributed by atoms with Crippen LogP contribution in [0.2, 0.25) is 0 Å². The van der Waals surface area contributed by atoms with Crippen molar-refractivity contribution in [3.05, 3.63) is 33.4 Å². The van der Waals surface area contributed by atoms with E-state index in [1.54, 1.807) is 0 Å². The van der Waals surface area contributed by atoms with Gasteiger partial charge in [0.1, 0.15) is 0 Å². The number of carbonyl (C=O) groups is 6. The van der Waals surface area contributed by atoms with Crippen LogP contribution in [0.25, 0.3) is 0 Å². The summed E-state index contributed by atoms with van der Waals surface area (Å²) in [6.07, 6.45) is 8.43. The maximum atomic E-state index is 11.2. The minimum atomic E-state index is -2.26. The zero-order valence-electron chi connectivity index (χ0n) is 19.2. The molecule has 3 rings (SSSR count). The Morgan fingerprint density at radius 3 is 0.583 bits per heavy atom. The summed E-state index contributed by atoms with van der Waals surface area (Å²) in [7, 11) is 0. The van der Waals surface area contributed by atoms with Gasteiger partial charge in [0.15, 0.2) is 0 Å². The van der Waals surface area contributed by atoms with Gasteiger partial charge in [0.2, 0.25) is 0 Å². The molecule has 2 heterocycles. The van der Waals surface area contributed by atoms with Crippen LogP contribution in [-0.4, -0.2) is 92.6 Å². The summed E-state index contributed by atoms with van der Waals surface area (Å²) in [4.78, 5) is 67.3. The molecule has 1 aromatic carbocycles. The van der Waals surface area contributed by atoms with Crippen molar-refractivity contribution in [2.24, 2.45) is 0 Å². The van der Waals surface area contributed by atoms with Crippen LogP contribution in [0.15, 0.2) is 0 Å². The minimum absolute atomic E-state index is 1.25. The third kappa shape index (κ3) is 8.02. The van der Waals surface area contributed by atoms with E-state index in [2.05, 4.69) is 10.6 Å². The zero-order valence-corrected chi connectivity index (χ0v) is 19.2. The highest BCUT2D eigenvalue weighted by atomic mass is 16.4. The fourth-order valence-electron chi connectivity index (χ4n) is 3.64. The van der Waals surface area contributed by atoms with E-state index in [0.29, 0.717) is 0 Å². The average molecular weight is 512 g/mol. The summed E-state index contributed by atoms with van der Waals surface area (Å²) >= 11 is 0. The highest BCUT2D eigenvalue weighted by molar-refractivity contribution is 6.22. The molecule has 0 spiro atoms. The van der Waals surface area contributed by atoms with Crippen LogP contribution in [0.5, 0.6) is 0 Å². The van der Waals surface area contributed by atoms with Crippen molar-refractivity contribution in [2.45, 2.75) is 38.5 Å². The Morgan fingerprint density at radius 1 is 0.361 bits per heavy atom. The molecule has 0 amide bonds. The summed E-state index contributed by atoms with van der Waals surface area (Å²) < 4.78 is 0. The first-order valence-corrected chi connectivity index (χ1v) is 11.0. The molecule has 0 saturated carbocycles. The van der Waals surface area contributed by atoms with Crippen LogP contribution in [0, 0.1) is 0 Å². The van der Waals surface area contributed by atoms with Crippen molar-refractivity contribution >= 4 is 35.8 Å². The van der Waals surface area contributed by atoms with Crippen LogP contribution in [0.4, 0.5) is 0 Å². The standard InChI is InChI=1S/C12H6O12.2C5H11N/c13-7(14)1-2(8(15)16)4(10(19)20)6(12(23)24)5(11(21)22)3(1)9(17)18;2*1-2-4-6-5-3-1/h(H,13,14)(H,15,16)(H,17,18)(H,19,20)(H,21,22)(H,23,24);2*6H,1-5H2. The lowest BCUT2D eigenvalue weighted by Crippen LogP contribution is -2.27. The fourth-order valence-corrected chi connectivity index (χ4v) is 3.64.